The topological polar surface area (TPSA) is 23.6 Å². The molecule has 4 heteroatoms. The van der Waals surface area contributed by atoms with Crippen LogP contribution in [0.4, 0.5) is 0 Å². The van der Waals surface area contributed by atoms with Crippen molar-refractivity contribution in [3.63, 3.8) is 0 Å². The Hall–Kier alpha value is -0.120. The van der Waals surface area contributed by atoms with E-state index < -0.39 is 0 Å². The molecule has 0 saturated carbocycles. The van der Waals surface area contributed by atoms with Crippen molar-refractivity contribution in [2.75, 3.05) is 32.8 Å². The zero-order chi connectivity index (χ0) is 9.27. The van der Waals surface area contributed by atoms with Crippen LogP contribution >= 0.6 is 12.4 Å². The van der Waals surface area contributed by atoms with Crippen LogP contribution in [0.15, 0.2) is 0 Å². The fraction of sp³-hybridized carbons (Fsp3) is 0.900. The highest BCUT2D eigenvalue weighted by Gasteiger charge is 2.58. The zero-order valence-electron chi connectivity index (χ0n) is 8.75. The number of halogens is 1. The van der Waals surface area contributed by atoms with E-state index in [0.717, 1.165) is 32.8 Å². The lowest BCUT2D eigenvalue weighted by molar-refractivity contribution is -0.177. The van der Waals surface area contributed by atoms with Gasteiger partial charge in [-0.25, -0.2) is 0 Å². The Morgan fingerprint density at radius 2 is 1.36 bits per heavy atom. The number of carbonyl (C=O) groups excluding carboxylic acids is 1. The Bertz CT molecular complexity index is 254. The second kappa shape index (κ2) is 2.71. The minimum absolute atomic E-state index is 0. The molecule has 14 heavy (non-hydrogen) atoms. The maximum absolute atomic E-state index is 12.2. The molecular weight excluding hydrogens is 200 g/mol. The number of piperidine rings is 2. The maximum atomic E-state index is 12.2. The van der Waals surface area contributed by atoms with Crippen molar-refractivity contribution in [2.24, 2.45) is 10.8 Å². The summed E-state index contributed by atoms with van der Waals surface area (Å²) < 4.78 is 0. The van der Waals surface area contributed by atoms with Crippen LogP contribution in [-0.4, -0.2) is 48.4 Å². The van der Waals surface area contributed by atoms with Gasteiger partial charge < -0.3 is 0 Å². The van der Waals surface area contributed by atoms with E-state index in [9.17, 15) is 4.79 Å². The van der Waals surface area contributed by atoms with E-state index in [4.69, 9.17) is 0 Å². The van der Waals surface area contributed by atoms with Crippen molar-refractivity contribution in [3.8, 4) is 0 Å². The van der Waals surface area contributed by atoms with Gasteiger partial charge in [0.2, 0.25) is 0 Å². The molecule has 4 aliphatic rings. The lowest BCUT2D eigenvalue weighted by atomic mass is 9.63. The molecule has 4 aliphatic heterocycles. The molecule has 0 unspecified atom stereocenters. The second-order valence-corrected chi connectivity index (χ2v) is 5.57. The number of hydrogen-bond acceptors (Lipinski definition) is 3. The van der Waals surface area contributed by atoms with Crippen LogP contribution in [0.1, 0.15) is 13.8 Å². The smallest absolute Gasteiger partial charge is 0.149 e. The molecule has 3 nitrogen and oxygen atoms in total. The summed E-state index contributed by atoms with van der Waals surface area (Å²) >= 11 is 0. The number of carbonyl (C=O) groups is 1. The predicted octanol–water partition coefficient (Wildman–Crippen LogP) is 0.592. The highest BCUT2D eigenvalue weighted by Crippen LogP contribution is 2.45. The highest BCUT2D eigenvalue weighted by atomic mass is 35.5. The molecule has 4 bridgehead atoms. The first kappa shape index (κ1) is 10.4. The quantitative estimate of drug-likeness (QED) is 0.592. The number of ketones is 1. The molecule has 4 saturated heterocycles. The van der Waals surface area contributed by atoms with E-state index in [-0.39, 0.29) is 23.2 Å². The van der Waals surface area contributed by atoms with Crippen molar-refractivity contribution in [2.45, 2.75) is 13.8 Å². The van der Waals surface area contributed by atoms with Gasteiger partial charge >= 0.3 is 0 Å². The third-order valence-corrected chi connectivity index (χ3v) is 3.79. The van der Waals surface area contributed by atoms with Crippen molar-refractivity contribution < 1.29 is 4.79 Å². The number of Topliss-reactive ketones (excluding diaryl/α,β-unsaturated/α-hetero) is 1. The molecular formula is C10H17ClN2O. The van der Waals surface area contributed by atoms with Gasteiger partial charge in [-0.3, -0.25) is 14.6 Å². The molecule has 0 aromatic carbocycles. The number of hydrogen-bond donors (Lipinski definition) is 0. The van der Waals surface area contributed by atoms with E-state index in [0.29, 0.717) is 5.78 Å². The van der Waals surface area contributed by atoms with Gasteiger partial charge in [-0.05, 0) is 0 Å². The predicted molar refractivity (Wildman–Crippen MR) is 56.5 cm³/mol. The van der Waals surface area contributed by atoms with Crippen molar-refractivity contribution in [1.82, 2.24) is 9.80 Å². The number of rotatable bonds is 0. The van der Waals surface area contributed by atoms with Crippen LogP contribution in [0.25, 0.3) is 0 Å². The van der Waals surface area contributed by atoms with E-state index in [1.807, 2.05) is 0 Å². The second-order valence-electron chi connectivity index (χ2n) is 5.57. The molecule has 0 aromatic heterocycles. The Morgan fingerprint density at radius 3 is 1.71 bits per heavy atom. The highest BCUT2D eigenvalue weighted by molar-refractivity contribution is 5.92. The minimum Gasteiger partial charge on any atom is -0.298 e. The first-order chi connectivity index (χ1) is 6.02. The van der Waals surface area contributed by atoms with Crippen LogP contribution in [0.2, 0.25) is 0 Å². The van der Waals surface area contributed by atoms with E-state index in [2.05, 4.69) is 23.6 Å². The molecule has 4 rings (SSSR count). The largest absolute Gasteiger partial charge is 0.298 e. The van der Waals surface area contributed by atoms with Crippen LogP contribution < -0.4 is 0 Å². The normalized spacial score (nSPS) is 54.6. The Balaban J connectivity index is 0.000000750. The van der Waals surface area contributed by atoms with Crippen LogP contribution in [0.3, 0.4) is 0 Å². The van der Waals surface area contributed by atoms with Crippen molar-refractivity contribution in [3.05, 3.63) is 0 Å². The summed E-state index contributed by atoms with van der Waals surface area (Å²) in [5.41, 5.74) is -0.132. The molecule has 80 valence electrons. The summed E-state index contributed by atoms with van der Waals surface area (Å²) in [6, 6.07) is 0. The average molecular weight is 217 g/mol. The minimum atomic E-state index is -0.0660. The van der Waals surface area contributed by atoms with E-state index in [1.165, 1.54) is 0 Å². The number of nitrogens with zero attached hydrogens (tertiary/aromatic N) is 2. The van der Waals surface area contributed by atoms with Gasteiger partial charge in [0.1, 0.15) is 5.78 Å². The van der Waals surface area contributed by atoms with Gasteiger partial charge in [0.25, 0.3) is 0 Å². The summed E-state index contributed by atoms with van der Waals surface area (Å²) in [7, 11) is 0. The zero-order valence-corrected chi connectivity index (χ0v) is 9.56. The van der Waals surface area contributed by atoms with Crippen molar-refractivity contribution in [1.29, 1.82) is 0 Å². The third-order valence-electron chi connectivity index (χ3n) is 3.79. The Labute approximate surface area is 90.8 Å². The summed E-state index contributed by atoms with van der Waals surface area (Å²) in [6.45, 7) is 9.28. The fourth-order valence-corrected chi connectivity index (χ4v) is 3.68. The standard InChI is InChI=1S/C10H16N2O.ClH/c1-9-3-11-5-10(2,8(9)13)6-12(4-9)7-11;/h3-7H2,1-2H3;1H. The molecule has 0 aromatic rings. The van der Waals surface area contributed by atoms with Gasteiger partial charge in [0.05, 0.1) is 17.5 Å². The Kier molecular flexibility index (Phi) is 2.02. The maximum Gasteiger partial charge on any atom is 0.149 e. The molecule has 0 N–H and O–H groups in total. The van der Waals surface area contributed by atoms with Crippen LogP contribution in [0, 0.1) is 10.8 Å². The lowest BCUT2D eigenvalue weighted by Crippen LogP contribution is -2.74. The summed E-state index contributed by atoms with van der Waals surface area (Å²) in [5.74, 6) is 0.507. The van der Waals surface area contributed by atoms with Gasteiger partial charge in [0, 0.05) is 26.2 Å². The summed E-state index contributed by atoms with van der Waals surface area (Å²) in [6.07, 6.45) is 0. The molecule has 0 amide bonds. The monoisotopic (exact) mass is 216 g/mol. The van der Waals surface area contributed by atoms with Crippen molar-refractivity contribution >= 4 is 18.2 Å². The molecule has 4 heterocycles. The Morgan fingerprint density at radius 1 is 1.00 bits per heavy atom. The van der Waals surface area contributed by atoms with Crippen LogP contribution in [0.5, 0.6) is 0 Å². The third kappa shape index (κ3) is 1.09. The molecule has 0 aliphatic carbocycles. The first-order valence-electron chi connectivity index (χ1n) is 5.02. The first-order valence-corrected chi connectivity index (χ1v) is 5.02. The van der Waals surface area contributed by atoms with E-state index in [1.54, 1.807) is 0 Å². The fourth-order valence-electron chi connectivity index (χ4n) is 3.68. The summed E-state index contributed by atoms with van der Waals surface area (Å²) in [5, 5.41) is 0. The van der Waals surface area contributed by atoms with Gasteiger partial charge in [-0.1, -0.05) is 13.8 Å². The van der Waals surface area contributed by atoms with Gasteiger partial charge in [-0.2, -0.15) is 0 Å². The average Bonchev–Trinajstić information content (AvgIpc) is 1.97. The van der Waals surface area contributed by atoms with Crippen LogP contribution in [-0.2, 0) is 4.79 Å². The molecule has 0 radical (unpaired) electrons. The molecule has 4 fully saturated rings. The van der Waals surface area contributed by atoms with Gasteiger partial charge in [-0.15, -0.1) is 12.4 Å². The van der Waals surface area contributed by atoms with E-state index >= 15 is 0 Å². The lowest BCUT2D eigenvalue weighted by Gasteiger charge is -2.61. The molecule has 0 spiro atoms. The molecule has 0 atom stereocenters. The summed E-state index contributed by atoms with van der Waals surface area (Å²) in [4.78, 5) is 17.0. The SMILES string of the molecule is CC12CN3CN(C1)CC(C)(C3)C2=O.Cl. The van der Waals surface area contributed by atoms with Gasteiger partial charge in [0.15, 0.2) is 0 Å².